The van der Waals surface area contributed by atoms with E-state index in [4.69, 9.17) is 7.48 Å². The molecular weight excluding hydrogens is 421 g/mol. The molecule has 1 aliphatic carbocycles. The molecule has 2 aromatic rings. The molecule has 8 heteroatoms. The molecule has 0 bridgehead atoms. The molecule has 1 saturated carbocycles. The van der Waals surface area contributed by atoms with Crippen LogP contribution in [0.4, 0.5) is 10.2 Å². The van der Waals surface area contributed by atoms with Gasteiger partial charge in [0, 0.05) is 53.2 Å². The fourth-order valence-corrected chi connectivity index (χ4v) is 5.41. The van der Waals surface area contributed by atoms with Crippen molar-refractivity contribution in [1.29, 1.82) is 0 Å². The minimum atomic E-state index is -1.32. The van der Waals surface area contributed by atoms with Crippen molar-refractivity contribution >= 4 is 11.7 Å². The Morgan fingerprint density at radius 2 is 2.06 bits per heavy atom. The van der Waals surface area contributed by atoms with Crippen LogP contribution in [0.3, 0.4) is 0 Å². The van der Waals surface area contributed by atoms with E-state index in [9.17, 15) is 9.18 Å². The fraction of sp³-hybridized carbons (Fsp3) is 0.560. The van der Waals surface area contributed by atoms with Crippen molar-refractivity contribution in [2.45, 2.75) is 31.7 Å². The molecule has 2 saturated heterocycles. The number of hydrogen-bond donors (Lipinski definition) is 2. The van der Waals surface area contributed by atoms with Crippen LogP contribution >= 0.6 is 0 Å². The van der Waals surface area contributed by atoms with Gasteiger partial charge in [-0.2, -0.15) is 0 Å². The fourth-order valence-electron chi connectivity index (χ4n) is 5.41. The summed E-state index contributed by atoms with van der Waals surface area (Å²) in [5.74, 6) is 0.681. The van der Waals surface area contributed by atoms with E-state index in [-0.39, 0.29) is 23.4 Å². The van der Waals surface area contributed by atoms with Gasteiger partial charge in [-0.05, 0) is 73.8 Å². The molecule has 5 rings (SSSR count). The van der Waals surface area contributed by atoms with Crippen molar-refractivity contribution in [3.63, 3.8) is 0 Å². The first-order valence-corrected chi connectivity index (χ1v) is 11.8. The standard InChI is InChI=1S/C25H32FN5O2/c1-27-25(32)18-7-17(8-21(26)9-18)23-4-5-24(30-29-23)28-22-10-19-13-31(14-20(19)11-22)12-16-3-2-6-33-15-16/h4-5,7-9,16,19-20,22H,2-3,6,10-15H2,1H3,(H,27,32)(H,28,30)/t16-,19-,20+,22?/m1/s1/i12D2. The number of carbonyl (C=O) groups is 1. The molecule has 176 valence electrons. The zero-order valence-corrected chi connectivity index (χ0v) is 18.9. The van der Waals surface area contributed by atoms with E-state index in [2.05, 4.69) is 20.8 Å². The highest BCUT2D eigenvalue weighted by Gasteiger charge is 2.41. The number of aromatic nitrogens is 2. The Hall–Kier alpha value is -2.58. The lowest BCUT2D eigenvalue weighted by Gasteiger charge is -2.27. The van der Waals surface area contributed by atoms with E-state index in [1.165, 1.54) is 19.2 Å². The molecule has 1 amide bonds. The maximum absolute atomic E-state index is 14.0. The van der Waals surface area contributed by atoms with Crippen molar-refractivity contribution in [3.8, 4) is 11.3 Å². The SMILES string of the molecule is [2H]C([2H])([C@H]1CCCOC1)N1C[C@H]2CC(Nc3ccc(-c4cc(F)cc(C(=O)NC)c4)nn3)C[C@H]2C1. The van der Waals surface area contributed by atoms with Gasteiger partial charge >= 0.3 is 0 Å². The summed E-state index contributed by atoms with van der Waals surface area (Å²) in [6.07, 6.45) is 3.77. The average molecular weight is 456 g/mol. The van der Waals surface area contributed by atoms with E-state index in [1.807, 2.05) is 11.0 Å². The van der Waals surface area contributed by atoms with Crippen molar-refractivity contribution in [3.05, 3.63) is 41.7 Å². The summed E-state index contributed by atoms with van der Waals surface area (Å²) in [7, 11) is 1.50. The predicted octanol–water partition coefficient (Wildman–Crippen LogP) is 3.19. The molecule has 0 spiro atoms. The molecule has 3 fully saturated rings. The summed E-state index contributed by atoms with van der Waals surface area (Å²) in [5, 5.41) is 14.5. The van der Waals surface area contributed by atoms with E-state index in [0.29, 0.717) is 35.5 Å². The van der Waals surface area contributed by atoms with E-state index in [0.717, 1.165) is 45.4 Å². The summed E-state index contributed by atoms with van der Waals surface area (Å²) < 4.78 is 37.0. The van der Waals surface area contributed by atoms with Gasteiger partial charge in [-0.3, -0.25) is 4.79 Å². The third-order valence-corrected chi connectivity index (χ3v) is 6.98. The monoisotopic (exact) mass is 455 g/mol. The number of amides is 1. The Morgan fingerprint density at radius 3 is 2.73 bits per heavy atom. The number of nitrogens with one attached hydrogen (secondary N) is 2. The molecule has 3 heterocycles. The summed E-state index contributed by atoms with van der Waals surface area (Å²) in [4.78, 5) is 13.9. The lowest BCUT2D eigenvalue weighted by Crippen LogP contribution is -2.33. The lowest BCUT2D eigenvalue weighted by molar-refractivity contribution is 0.0407. The Morgan fingerprint density at radius 1 is 1.24 bits per heavy atom. The molecule has 3 aliphatic rings. The van der Waals surface area contributed by atoms with Crippen molar-refractivity contribution < 1.29 is 16.7 Å². The van der Waals surface area contributed by atoms with E-state index in [1.54, 1.807) is 12.1 Å². The number of benzene rings is 1. The predicted molar refractivity (Wildman–Crippen MR) is 124 cm³/mol. The summed E-state index contributed by atoms with van der Waals surface area (Å²) in [6, 6.07) is 8.00. The highest BCUT2D eigenvalue weighted by Crippen LogP contribution is 2.39. The number of rotatable bonds is 6. The van der Waals surface area contributed by atoms with Crippen molar-refractivity contribution in [1.82, 2.24) is 20.4 Å². The Bertz CT molecular complexity index is 1050. The lowest BCUT2D eigenvalue weighted by atomic mass is 10.0. The second kappa shape index (κ2) is 9.73. The van der Waals surface area contributed by atoms with Gasteiger partial charge < -0.3 is 20.3 Å². The van der Waals surface area contributed by atoms with Crippen LogP contribution in [0.15, 0.2) is 30.3 Å². The Labute approximate surface area is 196 Å². The number of hydrogen-bond acceptors (Lipinski definition) is 6. The highest BCUT2D eigenvalue weighted by molar-refractivity contribution is 5.95. The maximum atomic E-state index is 14.0. The normalized spacial score (nSPS) is 28.7. The number of likely N-dealkylation sites (tertiary alicyclic amines) is 1. The molecule has 1 aromatic heterocycles. The molecule has 0 radical (unpaired) electrons. The van der Waals surface area contributed by atoms with Gasteiger partial charge in [0.1, 0.15) is 11.6 Å². The molecular formula is C25H32FN5O2. The molecule has 7 nitrogen and oxygen atoms in total. The molecule has 1 unspecified atom stereocenters. The third-order valence-electron chi connectivity index (χ3n) is 6.98. The van der Waals surface area contributed by atoms with Crippen LogP contribution < -0.4 is 10.6 Å². The van der Waals surface area contributed by atoms with Gasteiger partial charge in [-0.1, -0.05) is 0 Å². The molecule has 33 heavy (non-hydrogen) atoms. The largest absolute Gasteiger partial charge is 0.381 e. The van der Waals surface area contributed by atoms with Gasteiger partial charge in [-0.15, -0.1) is 10.2 Å². The minimum Gasteiger partial charge on any atom is -0.381 e. The van der Waals surface area contributed by atoms with Gasteiger partial charge in [0.25, 0.3) is 5.91 Å². The van der Waals surface area contributed by atoms with Crippen molar-refractivity contribution in [2.75, 3.05) is 45.2 Å². The first kappa shape index (κ1) is 19.9. The first-order valence-electron chi connectivity index (χ1n) is 12.8. The summed E-state index contributed by atoms with van der Waals surface area (Å²) >= 11 is 0. The van der Waals surface area contributed by atoms with Gasteiger partial charge in [0.15, 0.2) is 0 Å². The van der Waals surface area contributed by atoms with Crippen LogP contribution in [0.5, 0.6) is 0 Å². The van der Waals surface area contributed by atoms with Gasteiger partial charge in [-0.25, -0.2) is 4.39 Å². The number of carbonyl (C=O) groups excluding carboxylic acids is 1. The van der Waals surface area contributed by atoms with Crippen LogP contribution in [-0.4, -0.2) is 66.9 Å². The Kier molecular flexibility index (Phi) is 5.85. The number of fused-ring (bicyclic) bond motifs is 1. The topological polar surface area (TPSA) is 79.4 Å². The number of halogens is 1. The molecule has 4 atom stereocenters. The van der Waals surface area contributed by atoms with E-state index < -0.39 is 12.3 Å². The second-order valence-electron chi connectivity index (χ2n) is 9.39. The zero-order chi connectivity index (χ0) is 24.6. The molecule has 2 N–H and O–H groups in total. The molecule has 2 aliphatic heterocycles. The number of ether oxygens (including phenoxy) is 1. The smallest absolute Gasteiger partial charge is 0.251 e. The number of nitrogens with zero attached hydrogens (tertiary/aromatic N) is 3. The number of anilines is 1. The van der Waals surface area contributed by atoms with Crippen LogP contribution in [0.1, 0.15) is 38.8 Å². The van der Waals surface area contributed by atoms with Crippen molar-refractivity contribution in [2.24, 2.45) is 17.8 Å². The average Bonchev–Trinajstić information content (AvgIpc) is 3.43. The van der Waals surface area contributed by atoms with Crippen LogP contribution in [-0.2, 0) is 4.74 Å². The second-order valence-corrected chi connectivity index (χ2v) is 9.39. The zero-order valence-electron chi connectivity index (χ0n) is 20.9. The first-order chi connectivity index (χ1) is 16.8. The van der Waals surface area contributed by atoms with Crippen LogP contribution in [0, 0.1) is 23.6 Å². The summed E-state index contributed by atoms with van der Waals surface area (Å²) in [6.45, 7) is 1.51. The minimum absolute atomic E-state index is 0.0525. The summed E-state index contributed by atoms with van der Waals surface area (Å²) in [5.41, 5.74) is 1.22. The molecule has 1 aromatic carbocycles. The quantitative estimate of drug-likeness (QED) is 0.697. The van der Waals surface area contributed by atoms with E-state index >= 15 is 0 Å². The van der Waals surface area contributed by atoms with Crippen LogP contribution in [0.25, 0.3) is 11.3 Å². The van der Waals surface area contributed by atoms with Gasteiger partial charge in [0.05, 0.1) is 12.3 Å². The van der Waals surface area contributed by atoms with Crippen LogP contribution in [0.2, 0.25) is 0 Å². The maximum Gasteiger partial charge on any atom is 0.251 e. The highest BCUT2D eigenvalue weighted by atomic mass is 19.1. The van der Waals surface area contributed by atoms with Gasteiger partial charge in [0.2, 0.25) is 0 Å². The Balaban J connectivity index is 1.18. The third kappa shape index (κ3) is 5.17.